The fourth-order valence-electron chi connectivity index (χ4n) is 2.27. The molecule has 29 heavy (non-hydrogen) atoms. The van der Waals surface area contributed by atoms with Gasteiger partial charge in [-0.05, 0) is 65.3 Å². The van der Waals surface area contributed by atoms with E-state index in [2.05, 4.69) is 70.8 Å². The van der Waals surface area contributed by atoms with E-state index in [9.17, 15) is 0 Å². The van der Waals surface area contributed by atoms with Crippen LogP contribution in [0.3, 0.4) is 0 Å². The van der Waals surface area contributed by atoms with Crippen LogP contribution < -0.4 is 5.32 Å². The van der Waals surface area contributed by atoms with Crippen molar-refractivity contribution in [1.29, 1.82) is 0 Å². The Kier molecular flexibility index (Phi) is 37.5. The summed E-state index contributed by atoms with van der Waals surface area (Å²) in [7, 11) is 9.58. The second-order valence-corrected chi connectivity index (χ2v) is 6.39. The van der Waals surface area contributed by atoms with Gasteiger partial charge in [0.05, 0.1) is 0 Å². The minimum atomic E-state index is 0. The Labute approximate surface area is 216 Å². The van der Waals surface area contributed by atoms with Gasteiger partial charge in [-0.15, -0.1) is 0 Å². The van der Waals surface area contributed by atoms with E-state index in [4.69, 9.17) is 7.85 Å². The Morgan fingerprint density at radius 3 is 1.86 bits per heavy atom. The van der Waals surface area contributed by atoms with Crippen LogP contribution in [0.4, 0.5) is 0 Å². The molecule has 0 aliphatic carbocycles. The van der Waals surface area contributed by atoms with Crippen LogP contribution in [0.5, 0.6) is 0 Å². The number of hydrogen-bond acceptors (Lipinski definition) is 1. The van der Waals surface area contributed by atoms with Crippen molar-refractivity contribution in [2.24, 2.45) is 0 Å². The summed E-state index contributed by atoms with van der Waals surface area (Å²) >= 11 is 0. The maximum absolute atomic E-state index is 5.83. The first-order valence-electron chi connectivity index (χ1n) is 9.78. The molecule has 160 valence electrons. The quantitative estimate of drug-likeness (QED) is 0.220. The Bertz CT molecular complexity index is 537. The minimum Gasteiger partial charge on any atom is -0.358 e. The van der Waals surface area contributed by atoms with Crippen LogP contribution in [0.2, 0.25) is 0 Å². The van der Waals surface area contributed by atoms with E-state index in [0.29, 0.717) is 5.47 Å². The molecule has 0 unspecified atom stereocenters. The summed E-state index contributed by atoms with van der Waals surface area (Å²) in [6.07, 6.45) is 18.2. The van der Waals surface area contributed by atoms with Gasteiger partial charge in [0, 0.05) is 0 Å². The predicted octanol–water partition coefficient (Wildman–Crippen LogP) is 7.34. The first-order valence-corrected chi connectivity index (χ1v) is 9.78. The fourth-order valence-corrected chi connectivity index (χ4v) is 2.27. The molecule has 0 saturated heterocycles. The third kappa shape index (κ3) is 22.2. The molecule has 0 atom stereocenters. The zero-order chi connectivity index (χ0) is 20.4. The molecule has 0 saturated carbocycles. The third-order valence-electron chi connectivity index (χ3n) is 3.98. The topological polar surface area (TPSA) is 12.0 Å². The number of allylic oxidation sites excluding steroid dienone is 11. The average molecular weight is 424 g/mol. The molecule has 0 amide bonds. The molecule has 0 aliphatic rings. The van der Waals surface area contributed by atoms with Gasteiger partial charge < -0.3 is 20.2 Å². The van der Waals surface area contributed by atoms with E-state index >= 15 is 0 Å². The standard InChI is InChI=1S/C22H33B.C2H7N.2CH3.Ca/c1-7-11-13-18(5)19(6)14-15-20(9-3)21(12-8-2)16-17-22(23)10-4;1-3-2;;;/h9-10,13-14,16-17H,4,7-8,11-12,15H2,1-3,5-6H3;3H,1-2H3;2*1H3;/q;;2*-1;+2/b18-13-,19-14-,20-9+,21-16+,22-17+;;;;. The molecule has 0 heterocycles. The molecule has 3 heteroatoms. The zero-order valence-corrected chi connectivity index (χ0v) is 23.2. The summed E-state index contributed by atoms with van der Waals surface area (Å²) in [5, 5.41) is 2.75. The molecule has 0 spiro atoms. The summed E-state index contributed by atoms with van der Waals surface area (Å²) < 4.78 is 0. The molecule has 1 nitrogen and oxygen atoms in total. The summed E-state index contributed by atoms with van der Waals surface area (Å²) in [5.41, 5.74) is 6.20. The van der Waals surface area contributed by atoms with Crippen LogP contribution in [-0.4, -0.2) is 59.7 Å². The summed E-state index contributed by atoms with van der Waals surface area (Å²) in [5.74, 6) is 0. The van der Waals surface area contributed by atoms with E-state index in [1.165, 1.54) is 28.7 Å². The van der Waals surface area contributed by atoms with Crippen LogP contribution >= 0.6 is 0 Å². The van der Waals surface area contributed by atoms with Crippen LogP contribution in [-0.2, 0) is 0 Å². The zero-order valence-electron chi connectivity index (χ0n) is 21.0. The van der Waals surface area contributed by atoms with E-state index in [1.54, 1.807) is 6.08 Å². The maximum Gasteiger partial charge on any atom is 2.00 e. The fraction of sp³-hybridized carbons (Fsp3) is 0.462. The smallest absolute Gasteiger partial charge is 0.358 e. The molecule has 2 radical (unpaired) electrons. The van der Waals surface area contributed by atoms with Gasteiger partial charge in [0.1, 0.15) is 7.85 Å². The Hall–Kier alpha value is -0.275. The first kappa shape index (κ1) is 39.2. The van der Waals surface area contributed by atoms with E-state index < -0.39 is 0 Å². The summed E-state index contributed by atoms with van der Waals surface area (Å²) in [6.45, 7) is 14.6. The maximum atomic E-state index is 5.83. The molecule has 0 aromatic rings. The van der Waals surface area contributed by atoms with Crippen LogP contribution in [0.15, 0.2) is 70.8 Å². The van der Waals surface area contributed by atoms with Gasteiger partial charge in [0.25, 0.3) is 0 Å². The normalized spacial score (nSPS) is 12.6. The van der Waals surface area contributed by atoms with Crippen LogP contribution in [0.25, 0.3) is 0 Å². The third-order valence-corrected chi connectivity index (χ3v) is 3.98. The van der Waals surface area contributed by atoms with Crippen molar-refractivity contribution < 1.29 is 0 Å². The van der Waals surface area contributed by atoms with E-state index in [-0.39, 0.29) is 52.6 Å². The van der Waals surface area contributed by atoms with Gasteiger partial charge in [-0.1, -0.05) is 86.3 Å². The van der Waals surface area contributed by atoms with Gasteiger partial charge >= 0.3 is 37.7 Å². The first-order chi connectivity index (χ1) is 12.4. The Balaban J connectivity index is -0.000000299. The van der Waals surface area contributed by atoms with Crippen molar-refractivity contribution >= 4 is 45.6 Å². The minimum absolute atomic E-state index is 0. The van der Waals surface area contributed by atoms with Gasteiger partial charge in [0.15, 0.2) is 0 Å². The molecular weight excluding hydrogens is 377 g/mol. The molecule has 0 fully saturated rings. The molecule has 0 aromatic heterocycles. The molecule has 0 aliphatic heterocycles. The van der Waals surface area contributed by atoms with Crippen molar-refractivity contribution in [3.8, 4) is 0 Å². The van der Waals surface area contributed by atoms with Crippen LogP contribution in [0.1, 0.15) is 66.7 Å². The van der Waals surface area contributed by atoms with Gasteiger partial charge in [-0.25, -0.2) is 0 Å². The predicted molar refractivity (Wildman–Crippen MR) is 141 cm³/mol. The number of rotatable bonds is 10. The number of hydrogen-bond donors (Lipinski definition) is 1. The molecule has 1 N–H and O–H groups in total. The summed E-state index contributed by atoms with van der Waals surface area (Å²) in [4.78, 5) is 0. The van der Waals surface area contributed by atoms with Gasteiger partial charge in [-0.3, -0.25) is 0 Å². The largest absolute Gasteiger partial charge is 2.00 e. The molecule has 0 aromatic carbocycles. The van der Waals surface area contributed by atoms with Gasteiger partial charge in [0.2, 0.25) is 0 Å². The van der Waals surface area contributed by atoms with E-state index in [0.717, 1.165) is 25.7 Å². The Morgan fingerprint density at radius 1 is 0.931 bits per heavy atom. The second kappa shape index (κ2) is 27.7. The monoisotopic (exact) mass is 423 g/mol. The number of nitrogens with one attached hydrogen (secondary N) is 1. The Morgan fingerprint density at radius 2 is 1.45 bits per heavy atom. The summed E-state index contributed by atoms with van der Waals surface area (Å²) in [6, 6.07) is 0. The second-order valence-electron chi connectivity index (χ2n) is 6.39. The average Bonchev–Trinajstić information content (AvgIpc) is 2.64. The molecule has 0 bridgehead atoms. The van der Waals surface area contributed by atoms with Crippen molar-refractivity contribution in [3.63, 3.8) is 0 Å². The number of unbranched alkanes of at least 4 members (excludes halogenated alkanes) is 1. The molecular formula is C26H46BCaN. The van der Waals surface area contributed by atoms with Gasteiger partial charge in [-0.2, -0.15) is 0 Å². The van der Waals surface area contributed by atoms with Crippen molar-refractivity contribution in [3.05, 3.63) is 85.7 Å². The SMILES string of the molecule is CNC.[B]/C(C=C)=C/C=C(CCC)/C(=C/C)C/C=C(C)\C(C)=C/CCC.[CH3-].[CH3-].[Ca+2]. The van der Waals surface area contributed by atoms with Crippen molar-refractivity contribution in [2.45, 2.75) is 66.7 Å². The molecule has 0 rings (SSSR count). The van der Waals surface area contributed by atoms with Crippen molar-refractivity contribution in [2.75, 3.05) is 14.1 Å². The van der Waals surface area contributed by atoms with Crippen LogP contribution in [0, 0.1) is 14.9 Å². The van der Waals surface area contributed by atoms with Crippen molar-refractivity contribution in [1.82, 2.24) is 5.32 Å². The van der Waals surface area contributed by atoms with E-state index in [1.807, 2.05) is 20.2 Å².